The fourth-order valence-corrected chi connectivity index (χ4v) is 5.02. The second kappa shape index (κ2) is 6.91. The maximum atomic E-state index is 14.7. The largest absolute Gasteiger partial charge is 0.458 e. The number of nitrogens with zero attached hydrogens (tertiary/aromatic N) is 2. The molecule has 0 fully saturated rings. The lowest BCUT2D eigenvalue weighted by Crippen LogP contribution is -2.62. The van der Waals surface area contributed by atoms with E-state index in [1.807, 2.05) is 0 Å². The summed E-state index contributed by atoms with van der Waals surface area (Å²) in [4.78, 5) is 27.0. The Morgan fingerprint density at radius 3 is 2.38 bits per heavy atom. The minimum Gasteiger partial charge on any atom is -0.458 e. The van der Waals surface area contributed by atoms with Crippen molar-refractivity contribution in [3.8, 4) is 0 Å². The van der Waals surface area contributed by atoms with Crippen molar-refractivity contribution >= 4 is 38.9 Å². The van der Waals surface area contributed by atoms with Crippen LogP contribution in [0.15, 0.2) is 17.1 Å². The Balaban J connectivity index is 2.71. The van der Waals surface area contributed by atoms with Crippen molar-refractivity contribution in [1.29, 1.82) is 0 Å². The molecule has 2 N–H and O–H groups in total. The Morgan fingerprint density at radius 1 is 1.38 bits per heavy atom. The molecular weight excluding hydrogens is 429 g/mol. The number of ether oxygens (including phenoxy) is 1. The van der Waals surface area contributed by atoms with Crippen molar-refractivity contribution in [3.63, 3.8) is 0 Å². The second-order valence-corrected chi connectivity index (χ2v) is 10.9. The summed E-state index contributed by atoms with van der Waals surface area (Å²) in [6.07, 6.45) is 0. The van der Waals surface area contributed by atoms with Gasteiger partial charge in [-0.15, -0.1) is 0 Å². The van der Waals surface area contributed by atoms with Gasteiger partial charge in [-0.2, -0.15) is 0 Å². The third kappa shape index (κ3) is 3.93. The van der Waals surface area contributed by atoms with Gasteiger partial charge in [-0.1, -0.05) is 11.6 Å². The monoisotopic (exact) mass is 449 g/mol. The number of non-ortho nitro benzene ring substituents is 1. The molecule has 0 radical (unpaired) electrons. The van der Waals surface area contributed by atoms with E-state index in [9.17, 15) is 27.7 Å². The van der Waals surface area contributed by atoms with Crippen molar-refractivity contribution < 1.29 is 27.3 Å². The number of sulfone groups is 1. The number of aliphatic imine (C=N–C) groups is 1. The van der Waals surface area contributed by atoms with Gasteiger partial charge in [0.25, 0.3) is 5.69 Å². The topological polar surface area (TPSA) is 142 Å². The molecule has 160 valence electrons. The van der Waals surface area contributed by atoms with E-state index >= 15 is 0 Å². The SMILES string of the molecule is CC(C)(C)OC(=O)C1(C)C(N)=N[C@](C)(c2cc([N+](=O)[O-])cc(Cl)c2F)CS1(=O)=O. The van der Waals surface area contributed by atoms with Crippen LogP contribution in [0.2, 0.25) is 5.02 Å². The summed E-state index contributed by atoms with van der Waals surface area (Å²) in [6, 6.07) is 1.66. The van der Waals surface area contributed by atoms with Crippen molar-refractivity contribution in [3.05, 3.63) is 38.7 Å². The normalized spacial score (nSPS) is 26.5. The van der Waals surface area contributed by atoms with Gasteiger partial charge in [-0.3, -0.25) is 15.1 Å². The number of hydrogen-bond donors (Lipinski definition) is 1. The van der Waals surface area contributed by atoms with Crippen LogP contribution < -0.4 is 5.73 Å². The molecular formula is C17H21ClFN3O6S. The predicted octanol–water partition coefficient (Wildman–Crippen LogP) is 2.49. The number of hydrogen-bond acceptors (Lipinski definition) is 8. The second-order valence-electron chi connectivity index (χ2n) is 8.11. The van der Waals surface area contributed by atoms with E-state index in [4.69, 9.17) is 22.1 Å². The number of halogens is 2. The van der Waals surface area contributed by atoms with Crippen LogP contribution in [0.1, 0.15) is 40.2 Å². The average Bonchev–Trinajstić information content (AvgIpc) is 2.52. The van der Waals surface area contributed by atoms with Crippen LogP contribution in [0.3, 0.4) is 0 Å². The van der Waals surface area contributed by atoms with Gasteiger partial charge < -0.3 is 10.5 Å². The smallest absolute Gasteiger partial charge is 0.335 e. The van der Waals surface area contributed by atoms with Gasteiger partial charge in [0.15, 0.2) is 9.84 Å². The van der Waals surface area contributed by atoms with Gasteiger partial charge in [0.05, 0.1) is 15.7 Å². The summed E-state index contributed by atoms with van der Waals surface area (Å²) in [6.45, 7) is 6.97. The summed E-state index contributed by atoms with van der Waals surface area (Å²) in [5, 5.41) is 10.5. The first-order valence-electron chi connectivity index (χ1n) is 8.40. The molecule has 0 bridgehead atoms. The molecule has 1 unspecified atom stereocenters. The number of benzene rings is 1. The molecule has 9 nitrogen and oxygen atoms in total. The van der Waals surface area contributed by atoms with Gasteiger partial charge in [0, 0.05) is 17.7 Å². The minimum atomic E-state index is -4.37. The van der Waals surface area contributed by atoms with Crippen LogP contribution in [-0.4, -0.2) is 41.2 Å². The number of nitro benzene ring substituents is 1. The van der Waals surface area contributed by atoms with Crippen LogP contribution in [0.5, 0.6) is 0 Å². The molecule has 1 aliphatic heterocycles. The Bertz CT molecular complexity index is 1040. The summed E-state index contributed by atoms with van der Waals surface area (Å²) in [5.41, 5.74) is 2.09. The molecule has 0 amide bonds. The van der Waals surface area contributed by atoms with E-state index < -0.39 is 70.3 Å². The molecule has 29 heavy (non-hydrogen) atoms. The molecule has 0 saturated carbocycles. The number of nitrogens with two attached hydrogens (primary N) is 1. The van der Waals surface area contributed by atoms with Gasteiger partial charge >= 0.3 is 5.97 Å². The minimum absolute atomic E-state index is 0.422. The number of nitro groups is 1. The molecule has 1 aromatic carbocycles. The van der Waals surface area contributed by atoms with E-state index in [1.165, 1.54) is 6.92 Å². The quantitative estimate of drug-likeness (QED) is 0.424. The van der Waals surface area contributed by atoms with E-state index in [1.54, 1.807) is 20.8 Å². The zero-order chi connectivity index (χ0) is 22.6. The molecule has 0 saturated heterocycles. The van der Waals surface area contributed by atoms with E-state index in [-0.39, 0.29) is 0 Å². The van der Waals surface area contributed by atoms with Crippen molar-refractivity contribution in [2.24, 2.45) is 10.7 Å². The Labute approximate surface area is 172 Å². The Kier molecular flexibility index (Phi) is 5.48. The zero-order valence-corrected chi connectivity index (χ0v) is 18.0. The van der Waals surface area contributed by atoms with Gasteiger partial charge in [-0.25, -0.2) is 17.6 Å². The highest BCUT2D eigenvalue weighted by molar-refractivity contribution is 7.94. The highest BCUT2D eigenvalue weighted by Crippen LogP contribution is 2.41. The van der Waals surface area contributed by atoms with E-state index in [2.05, 4.69) is 4.99 Å². The summed E-state index contributed by atoms with van der Waals surface area (Å²) in [7, 11) is -4.37. The molecule has 1 aliphatic rings. The standard InChI is InChI=1S/C17H21ClFN3O6S/c1-15(2,3)28-14(23)17(5)13(20)21-16(4,8-29(17,26)27)10-6-9(22(24)25)7-11(18)12(10)19/h6-7H,8H2,1-5H3,(H2,20,21)/t16-,17?/m0/s1. The predicted molar refractivity (Wildman–Crippen MR) is 105 cm³/mol. The summed E-state index contributed by atoms with van der Waals surface area (Å²) in [5.74, 6) is -3.63. The maximum absolute atomic E-state index is 14.7. The molecule has 2 atom stereocenters. The number of rotatable bonds is 3. The van der Waals surface area contributed by atoms with Crippen molar-refractivity contribution in [2.45, 2.75) is 50.5 Å². The van der Waals surface area contributed by atoms with Crippen LogP contribution >= 0.6 is 11.6 Å². The fraction of sp³-hybridized carbons (Fsp3) is 0.529. The van der Waals surface area contributed by atoms with E-state index in [0.29, 0.717) is 0 Å². The molecule has 0 aromatic heterocycles. The highest BCUT2D eigenvalue weighted by atomic mass is 35.5. The van der Waals surface area contributed by atoms with Crippen molar-refractivity contribution in [1.82, 2.24) is 0 Å². The van der Waals surface area contributed by atoms with Crippen LogP contribution in [-0.2, 0) is 24.9 Å². The molecule has 0 spiro atoms. The molecule has 12 heteroatoms. The van der Waals surface area contributed by atoms with Gasteiger partial charge in [-0.05, 0) is 34.6 Å². The fourth-order valence-electron chi connectivity index (χ4n) is 2.90. The zero-order valence-electron chi connectivity index (χ0n) is 16.4. The first-order chi connectivity index (χ1) is 12.9. The molecule has 1 aromatic rings. The van der Waals surface area contributed by atoms with Gasteiger partial charge in [0.2, 0.25) is 4.75 Å². The average molecular weight is 450 g/mol. The number of carbonyl (C=O) groups is 1. The van der Waals surface area contributed by atoms with Gasteiger partial charge in [0.1, 0.15) is 22.8 Å². The lowest BCUT2D eigenvalue weighted by atomic mass is 9.92. The van der Waals surface area contributed by atoms with Crippen LogP contribution in [0, 0.1) is 15.9 Å². The lowest BCUT2D eigenvalue weighted by molar-refractivity contribution is -0.385. The lowest BCUT2D eigenvalue weighted by Gasteiger charge is -2.39. The molecule has 2 rings (SSSR count). The summed E-state index contributed by atoms with van der Waals surface area (Å²) < 4.78 is 43.8. The van der Waals surface area contributed by atoms with Crippen LogP contribution in [0.4, 0.5) is 10.1 Å². The number of carbonyl (C=O) groups excluding carboxylic acids is 1. The molecule has 0 aliphatic carbocycles. The van der Waals surface area contributed by atoms with Crippen LogP contribution in [0.25, 0.3) is 0 Å². The third-order valence-electron chi connectivity index (χ3n) is 4.54. The number of esters is 1. The summed E-state index contributed by atoms with van der Waals surface area (Å²) >= 11 is 5.75. The Morgan fingerprint density at radius 2 is 1.93 bits per heavy atom. The first-order valence-corrected chi connectivity index (χ1v) is 10.4. The molecule has 1 heterocycles. The van der Waals surface area contributed by atoms with E-state index in [0.717, 1.165) is 19.1 Å². The number of amidine groups is 1. The Hall–Kier alpha value is -2.27. The highest BCUT2D eigenvalue weighted by Gasteiger charge is 2.58. The first kappa shape index (κ1) is 23.0. The van der Waals surface area contributed by atoms with Crippen molar-refractivity contribution in [2.75, 3.05) is 5.75 Å². The third-order valence-corrected chi connectivity index (χ3v) is 7.38. The maximum Gasteiger partial charge on any atom is 0.335 e.